The van der Waals surface area contributed by atoms with Crippen LogP contribution >= 0.6 is 35.7 Å². The molecule has 6 nitrogen and oxygen atoms in total. The Hall–Kier alpha value is -1.16. The number of nitrogens with zero attached hydrogens (tertiary/aromatic N) is 2. The smallest absolute Gasteiger partial charge is 0.221 e. The third-order valence-electron chi connectivity index (χ3n) is 4.16. The molecule has 0 radical (unpaired) electrons. The van der Waals surface area contributed by atoms with E-state index in [0.29, 0.717) is 24.3 Å². The molecule has 8 heteroatoms. The first-order valence-corrected chi connectivity index (χ1v) is 10.1. The number of benzene rings is 1. The van der Waals surface area contributed by atoms with Crippen LogP contribution in [-0.4, -0.2) is 61.1 Å². The summed E-state index contributed by atoms with van der Waals surface area (Å²) in [5, 5.41) is 6.79. The summed E-state index contributed by atoms with van der Waals surface area (Å²) < 4.78 is 5.78. The number of guanidine groups is 1. The van der Waals surface area contributed by atoms with E-state index in [-0.39, 0.29) is 29.9 Å². The lowest BCUT2D eigenvalue weighted by molar-refractivity contribution is -0.114. The van der Waals surface area contributed by atoms with Gasteiger partial charge >= 0.3 is 0 Å². The summed E-state index contributed by atoms with van der Waals surface area (Å²) in [7, 11) is 1.83. The molecular weight excluding hydrogens is 475 g/mol. The van der Waals surface area contributed by atoms with Gasteiger partial charge in [-0.15, -0.1) is 24.0 Å². The van der Waals surface area contributed by atoms with E-state index in [2.05, 4.69) is 46.1 Å². The Morgan fingerprint density at radius 3 is 2.89 bits per heavy atom. The Labute approximate surface area is 183 Å². The van der Waals surface area contributed by atoms with Crippen LogP contribution in [0.25, 0.3) is 0 Å². The van der Waals surface area contributed by atoms with E-state index in [1.54, 1.807) is 0 Å². The van der Waals surface area contributed by atoms with Crippen molar-refractivity contribution in [2.45, 2.75) is 26.0 Å². The van der Waals surface area contributed by atoms with Crippen LogP contribution in [-0.2, 0) is 4.79 Å². The van der Waals surface area contributed by atoms with Gasteiger partial charge in [-0.25, -0.2) is 0 Å². The molecule has 0 bridgehead atoms. The summed E-state index contributed by atoms with van der Waals surface area (Å²) in [5.74, 6) is 3.39. The van der Waals surface area contributed by atoms with Crippen molar-refractivity contribution in [1.82, 2.24) is 10.2 Å². The van der Waals surface area contributed by atoms with Crippen LogP contribution in [0, 0.1) is 5.92 Å². The summed E-state index contributed by atoms with van der Waals surface area (Å²) in [6, 6.07) is 7.42. The average molecular weight is 506 g/mol. The minimum atomic E-state index is -0.0907. The number of rotatable bonds is 6. The van der Waals surface area contributed by atoms with E-state index >= 15 is 0 Å². The average Bonchev–Trinajstić information content (AvgIpc) is 2.61. The first kappa shape index (κ1) is 23.9. The number of ether oxygens (including phenoxy) is 1. The van der Waals surface area contributed by atoms with Gasteiger partial charge in [-0.05, 0) is 18.1 Å². The van der Waals surface area contributed by atoms with E-state index in [0.717, 1.165) is 36.2 Å². The molecule has 1 aromatic rings. The van der Waals surface area contributed by atoms with Crippen molar-refractivity contribution in [3.63, 3.8) is 0 Å². The van der Waals surface area contributed by atoms with E-state index in [1.807, 2.05) is 31.3 Å². The summed E-state index contributed by atoms with van der Waals surface area (Å²) in [6.45, 7) is 9.30. The second-order valence-corrected chi connectivity index (χ2v) is 7.98. The molecule has 1 aromatic carbocycles. The minimum Gasteiger partial charge on any atom is -0.492 e. The molecule has 0 aromatic heterocycles. The molecule has 27 heavy (non-hydrogen) atoms. The van der Waals surface area contributed by atoms with Crippen molar-refractivity contribution in [2.24, 2.45) is 10.9 Å². The molecule has 0 saturated carbocycles. The SMILES string of the molecule is CN=C(NCCOc1cccc(NC(C)=O)c1)N1CCSC(C(C)C)C1.I. The molecule has 1 amide bonds. The Bertz CT molecular complexity index is 627. The zero-order valence-electron chi connectivity index (χ0n) is 16.5. The van der Waals surface area contributed by atoms with Gasteiger partial charge in [0.2, 0.25) is 5.91 Å². The fourth-order valence-electron chi connectivity index (χ4n) is 2.80. The number of hydrogen-bond donors (Lipinski definition) is 2. The molecule has 2 N–H and O–H groups in total. The van der Waals surface area contributed by atoms with E-state index < -0.39 is 0 Å². The largest absolute Gasteiger partial charge is 0.492 e. The molecule has 0 spiro atoms. The van der Waals surface area contributed by atoms with Crippen molar-refractivity contribution in [3.05, 3.63) is 24.3 Å². The normalized spacial score (nSPS) is 17.3. The Morgan fingerprint density at radius 1 is 1.44 bits per heavy atom. The van der Waals surface area contributed by atoms with Crippen molar-refractivity contribution < 1.29 is 9.53 Å². The minimum absolute atomic E-state index is 0. The number of hydrogen-bond acceptors (Lipinski definition) is 4. The number of thioether (sulfide) groups is 1. The molecule has 152 valence electrons. The van der Waals surface area contributed by atoms with Crippen LogP contribution in [0.4, 0.5) is 5.69 Å². The molecule has 1 fully saturated rings. The highest BCUT2D eigenvalue weighted by Crippen LogP contribution is 2.24. The van der Waals surface area contributed by atoms with Crippen LogP contribution in [0.5, 0.6) is 5.75 Å². The highest BCUT2D eigenvalue weighted by molar-refractivity contribution is 14.0. The lowest BCUT2D eigenvalue weighted by Crippen LogP contribution is -2.49. The molecule has 1 aliphatic heterocycles. The lowest BCUT2D eigenvalue weighted by Gasteiger charge is -2.36. The maximum atomic E-state index is 11.1. The summed E-state index contributed by atoms with van der Waals surface area (Å²) in [6.07, 6.45) is 0. The van der Waals surface area contributed by atoms with Crippen LogP contribution in [0.3, 0.4) is 0 Å². The van der Waals surface area contributed by atoms with E-state index in [9.17, 15) is 4.79 Å². The molecular formula is C19H31IN4O2S. The fraction of sp³-hybridized carbons (Fsp3) is 0.579. The van der Waals surface area contributed by atoms with Crippen LogP contribution in [0.1, 0.15) is 20.8 Å². The number of carbonyl (C=O) groups excluding carboxylic acids is 1. The van der Waals surface area contributed by atoms with Gasteiger partial charge in [-0.1, -0.05) is 19.9 Å². The molecule has 1 heterocycles. The van der Waals surface area contributed by atoms with Gasteiger partial charge in [0, 0.05) is 49.8 Å². The molecule has 0 aliphatic carbocycles. The molecule has 1 unspecified atom stereocenters. The Kier molecular flexibility index (Phi) is 10.9. The number of carbonyl (C=O) groups is 1. The standard InChI is InChI=1S/C19H30N4O2S.HI/c1-14(2)18-13-23(9-11-26-18)19(20-4)21-8-10-25-17-7-5-6-16(12-17)22-15(3)24;/h5-7,12,14,18H,8-11,13H2,1-4H3,(H,20,21)(H,22,24);1H. The predicted octanol–water partition coefficient (Wildman–Crippen LogP) is 3.29. The van der Waals surface area contributed by atoms with Gasteiger partial charge in [0.05, 0.1) is 6.54 Å². The monoisotopic (exact) mass is 506 g/mol. The van der Waals surface area contributed by atoms with Crippen molar-refractivity contribution in [1.29, 1.82) is 0 Å². The summed E-state index contributed by atoms with van der Waals surface area (Å²) in [4.78, 5) is 17.9. The second kappa shape index (κ2) is 12.3. The van der Waals surface area contributed by atoms with Crippen LogP contribution in [0.15, 0.2) is 29.3 Å². The van der Waals surface area contributed by atoms with Gasteiger partial charge in [-0.3, -0.25) is 9.79 Å². The van der Waals surface area contributed by atoms with Gasteiger partial charge in [0.1, 0.15) is 12.4 Å². The zero-order valence-corrected chi connectivity index (χ0v) is 19.7. The molecule has 1 atom stereocenters. The number of aliphatic imine (C=N–C) groups is 1. The maximum Gasteiger partial charge on any atom is 0.221 e. The third kappa shape index (κ3) is 8.16. The molecule has 2 rings (SSSR count). The Balaban J connectivity index is 0.00000364. The van der Waals surface area contributed by atoms with Gasteiger partial charge in [0.15, 0.2) is 5.96 Å². The zero-order chi connectivity index (χ0) is 18.9. The van der Waals surface area contributed by atoms with E-state index in [1.165, 1.54) is 6.92 Å². The highest BCUT2D eigenvalue weighted by atomic mass is 127. The van der Waals surface area contributed by atoms with E-state index in [4.69, 9.17) is 4.74 Å². The second-order valence-electron chi connectivity index (χ2n) is 6.63. The van der Waals surface area contributed by atoms with Crippen molar-refractivity contribution in [2.75, 3.05) is 44.4 Å². The first-order chi connectivity index (χ1) is 12.5. The van der Waals surface area contributed by atoms with Gasteiger partial charge < -0.3 is 20.3 Å². The highest BCUT2D eigenvalue weighted by Gasteiger charge is 2.24. The molecule has 1 saturated heterocycles. The first-order valence-electron chi connectivity index (χ1n) is 9.07. The third-order valence-corrected chi connectivity index (χ3v) is 5.70. The number of anilines is 1. The predicted molar refractivity (Wildman–Crippen MR) is 126 cm³/mol. The van der Waals surface area contributed by atoms with Crippen LogP contribution in [0.2, 0.25) is 0 Å². The quantitative estimate of drug-likeness (QED) is 0.268. The topological polar surface area (TPSA) is 66.0 Å². The lowest BCUT2D eigenvalue weighted by atomic mass is 10.1. The van der Waals surface area contributed by atoms with Crippen LogP contribution < -0.4 is 15.4 Å². The number of amides is 1. The fourth-order valence-corrected chi connectivity index (χ4v) is 4.10. The molecule has 1 aliphatic rings. The summed E-state index contributed by atoms with van der Waals surface area (Å²) >= 11 is 2.05. The van der Waals surface area contributed by atoms with Gasteiger partial charge in [0.25, 0.3) is 0 Å². The number of nitrogens with one attached hydrogen (secondary N) is 2. The maximum absolute atomic E-state index is 11.1. The Morgan fingerprint density at radius 2 is 2.22 bits per heavy atom. The number of halogens is 1. The summed E-state index contributed by atoms with van der Waals surface area (Å²) in [5.41, 5.74) is 0.740. The van der Waals surface area contributed by atoms with Crippen molar-refractivity contribution >= 4 is 53.3 Å². The van der Waals surface area contributed by atoms with Crippen molar-refractivity contribution in [3.8, 4) is 5.75 Å². The van der Waals surface area contributed by atoms with Gasteiger partial charge in [-0.2, -0.15) is 11.8 Å².